The molecule has 188 valence electrons. The first kappa shape index (κ1) is 24.2. The highest BCUT2D eigenvalue weighted by Crippen LogP contribution is 2.49. The number of nitrogen functional groups attached to an aromatic ring is 1. The van der Waals surface area contributed by atoms with E-state index in [1.807, 2.05) is 50.8 Å². The maximum Gasteiger partial charge on any atom is 0.407 e. The lowest BCUT2D eigenvalue weighted by atomic mass is 10.1. The Balaban J connectivity index is 1.51. The first-order valence-electron chi connectivity index (χ1n) is 11.5. The Kier molecular flexibility index (Phi) is 5.94. The summed E-state index contributed by atoms with van der Waals surface area (Å²) in [5, 5.41) is 6.39. The summed E-state index contributed by atoms with van der Waals surface area (Å²) in [5.41, 5.74) is 7.18. The molecule has 12 heteroatoms. The van der Waals surface area contributed by atoms with Crippen molar-refractivity contribution in [3.63, 3.8) is 0 Å². The fourth-order valence-electron chi connectivity index (χ4n) is 4.98. The Morgan fingerprint density at radius 2 is 2.09 bits per heavy atom. The normalized spacial score (nSPS) is 25.7. The number of hydrogen-bond acceptors (Lipinski definition) is 9. The number of fused-ring (bicyclic) bond motifs is 2. The maximum atomic E-state index is 12.3. The fourth-order valence-corrected chi connectivity index (χ4v) is 5.80. The Labute approximate surface area is 212 Å². The zero-order valence-corrected chi connectivity index (χ0v) is 21.8. The molecule has 1 aliphatic heterocycles. The topological polar surface area (TPSA) is 126 Å². The number of alkyl carbamates (subject to hydrolysis) is 1. The molecular weight excluding hydrogens is 492 g/mol. The molecule has 0 radical (unpaired) electrons. The number of nitrogens with zero attached hydrogens (tertiary/aromatic N) is 4. The van der Waals surface area contributed by atoms with Crippen molar-refractivity contribution in [1.29, 1.82) is 0 Å². The zero-order chi connectivity index (χ0) is 25.1. The van der Waals surface area contributed by atoms with Gasteiger partial charge in [-0.2, -0.15) is 4.98 Å². The lowest BCUT2D eigenvalue weighted by Gasteiger charge is -2.25. The van der Waals surface area contributed by atoms with Crippen molar-refractivity contribution in [3.05, 3.63) is 23.1 Å². The Bertz CT molecular complexity index is 1260. The maximum absolute atomic E-state index is 12.3. The van der Waals surface area contributed by atoms with Crippen LogP contribution in [0.3, 0.4) is 0 Å². The molecule has 35 heavy (non-hydrogen) atoms. The van der Waals surface area contributed by atoms with Gasteiger partial charge in [-0.15, -0.1) is 11.3 Å². The predicted octanol–water partition coefficient (Wildman–Crippen LogP) is 4.40. The molecule has 4 heterocycles. The number of thiazole rings is 1. The summed E-state index contributed by atoms with van der Waals surface area (Å²) in [7, 11) is 0. The van der Waals surface area contributed by atoms with E-state index >= 15 is 0 Å². The molecule has 10 nitrogen and oxygen atoms in total. The van der Waals surface area contributed by atoms with Gasteiger partial charge in [0.1, 0.15) is 28.2 Å². The summed E-state index contributed by atoms with van der Waals surface area (Å²) in [5.74, 6) is -0.467. The van der Waals surface area contributed by atoms with Gasteiger partial charge in [0.05, 0.1) is 17.5 Å². The van der Waals surface area contributed by atoms with Gasteiger partial charge in [-0.25, -0.2) is 14.8 Å². The van der Waals surface area contributed by atoms with Crippen molar-refractivity contribution < 1.29 is 19.0 Å². The van der Waals surface area contributed by atoms with Gasteiger partial charge in [0, 0.05) is 35.8 Å². The summed E-state index contributed by atoms with van der Waals surface area (Å²) in [6.45, 7) is 9.68. The summed E-state index contributed by atoms with van der Waals surface area (Å²) in [6, 6.07) is -0.131. The van der Waals surface area contributed by atoms with E-state index in [1.165, 1.54) is 11.3 Å². The minimum Gasteiger partial charge on any atom is -0.444 e. The molecule has 0 spiro atoms. The monoisotopic (exact) mass is 520 g/mol. The first-order chi connectivity index (χ1) is 16.4. The molecule has 0 aromatic carbocycles. The van der Waals surface area contributed by atoms with Crippen LogP contribution < -0.4 is 11.1 Å². The van der Waals surface area contributed by atoms with Gasteiger partial charge in [-0.1, -0.05) is 0 Å². The third kappa shape index (κ3) is 4.69. The van der Waals surface area contributed by atoms with Crippen LogP contribution in [-0.2, 0) is 14.2 Å². The summed E-state index contributed by atoms with van der Waals surface area (Å²) in [6.07, 6.45) is 3.48. The number of carbonyl (C=O) groups is 1. The molecule has 3 aromatic rings. The van der Waals surface area contributed by atoms with Gasteiger partial charge >= 0.3 is 6.09 Å². The average Bonchev–Trinajstić information content (AvgIpc) is 3.47. The molecule has 3 N–H and O–H groups in total. The third-order valence-electron chi connectivity index (χ3n) is 6.15. The van der Waals surface area contributed by atoms with Crippen molar-refractivity contribution in [2.75, 3.05) is 12.3 Å². The van der Waals surface area contributed by atoms with Crippen LogP contribution in [0.15, 0.2) is 17.8 Å². The number of rotatable bonds is 4. The highest BCUT2D eigenvalue weighted by molar-refractivity contribution is 7.13. The second-order valence-corrected chi connectivity index (χ2v) is 11.6. The second kappa shape index (κ2) is 8.58. The van der Waals surface area contributed by atoms with Gasteiger partial charge < -0.3 is 29.8 Å². The van der Waals surface area contributed by atoms with Crippen LogP contribution in [0.1, 0.15) is 47.1 Å². The summed E-state index contributed by atoms with van der Waals surface area (Å²) < 4.78 is 20.1. The molecule has 2 fully saturated rings. The van der Waals surface area contributed by atoms with Gasteiger partial charge in [0.15, 0.2) is 5.79 Å². The minimum atomic E-state index is -0.759. The number of amides is 1. The Hall–Kier alpha value is -2.47. The molecule has 1 saturated heterocycles. The lowest BCUT2D eigenvalue weighted by Crippen LogP contribution is -2.38. The van der Waals surface area contributed by atoms with E-state index in [0.29, 0.717) is 29.8 Å². The first-order valence-corrected chi connectivity index (χ1v) is 12.7. The van der Waals surface area contributed by atoms with Gasteiger partial charge in [0.2, 0.25) is 5.28 Å². The molecule has 1 aliphatic carbocycles. The standard InChI is InChI=1S/C23H29ClN6O4S/c1-22(2,3)34-21(31)27-9-11-8-13(16-15(11)32-23(4,5)33-16)30-10-12(19-26-6-7-35-19)14-17(25)28-20(24)29-18(14)30/h6-7,10-11,13,15-16H,8-9H2,1-5H3,(H,27,31)(H2,25,28,29)/t11-,13-,15-,16+/m1/s1. The molecule has 1 saturated carbocycles. The molecule has 5 rings (SSSR count). The summed E-state index contributed by atoms with van der Waals surface area (Å²) in [4.78, 5) is 25.5. The Morgan fingerprint density at radius 1 is 1.34 bits per heavy atom. The molecule has 2 aliphatic rings. The molecular formula is C23H29ClN6O4S. The van der Waals surface area contributed by atoms with Crippen LogP contribution in [0.4, 0.5) is 10.6 Å². The fraction of sp³-hybridized carbons (Fsp3) is 0.565. The van der Waals surface area contributed by atoms with Gasteiger partial charge in [-0.05, 0) is 52.6 Å². The van der Waals surface area contributed by atoms with E-state index in [2.05, 4.69) is 20.3 Å². The SMILES string of the molecule is CC(C)(C)OC(=O)NC[C@H]1C[C@@H](n2cc(-c3nccs3)c3c(N)nc(Cl)nc32)[C@@H]2OC(C)(C)O[C@H]12. The van der Waals surface area contributed by atoms with E-state index in [0.717, 1.165) is 10.6 Å². The van der Waals surface area contributed by atoms with Crippen LogP contribution in [0.5, 0.6) is 0 Å². The minimum absolute atomic E-state index is 0.00490. The highest BCUT2D eigenvalue weighted by atomic mass is 35.5. The predicted molar refractivity (Wildman–Crippen MR) is 133 cm³/mol. The quantitative estimate of drug-likeness (QED) is 0.485. The number of anilines is 1. The van der Waals surface area contributed by atoms with E-state index in [1.54, 1.807) is 6.20 Å². The number of carbonyl (C=O) groups excluding carboxylic acids is 1. The molecule has 4 atom stereocenters. The van der Waals surface area contributed by atoms with Gasteiger partial charge in [0.25, 0.3) is 0 Å². The molecule has 3 aromatic heterocycles. The van der Waals surface area contributed by atoms with Crippen LogP contribution in [-0.4, -0.2) is 55.8 Å². The lowest BCUT2D eigenvalue weighted by molar-refractivity contribution is -0.160. The van der Waals surface area contributed by atoms with Crippen molar-refractivity contribution in [3.8, 4) is 10.6 Å². The van der Waals surface area contributed by atoms with Crippen LogP contribution >= 0.6 is 22.9 Å². The Morgan fingerprint density at radius 3 is 2.77 bits per heavy atom. The molecule has 0 unspecified atom stereocenters. The molecule has 0 bridgehead atoms. The van der Waals surface area contributed by atoms with Gasteiger partial charge in [-0.3, -0.25) is 0 Å². The van der Waals surface area contributed by atoms with Crippen molar-refractivity contribution >= 4 is 45.9 Å². The number of nitrogens with one attached hydrogen (secondary N) is 1. The van der Waals surface area contributed by atoms with Crippen molar-refractivity contribution in [2.24, 2.45) is 5.92 Å². The molecule has 1 amide bonds. The van der Waals surface area contributed by atoms with Crippen molar-refractivity contribution in [1.82, 2.24) is 24.8 Å². The number of aromatic nitrogens is 4. The van der Waals surface area contributed by atoms with Crippen LogP contribution in [0.2, 0.25) is 5.28 Å². The van der Waals surface area contributed by atoms with Crippen LogP contribution in [0.25, 0.3) is 21.6 Å². The van der Waals surface area contributed by atoms with E-state index in [4.69, 9.17) is 31.5 Å². The van der Waals surface area contributed by atoms with Crippen molar-refractivity contribution in [2.45, 2.75) is 70.7 Å². The van der Waals surface area contributed by atoms with E-state index in [-0.39, 0.29) is 29.5 Å². The number of halogens is 1. The number of ether oxygens (including phenoxy) is 3. The second-order valence-electron chi connectivity index (χ2n) is 10.4. The van der Waals surface area contributed by atoms with E-state index < -0.39 is 17.5 Å². The smallest absolute Gasteiger partial charge is 0.407 e. The number of hydrogen-bond donors (Lipinski definition) is 2. The zero-order valence-electron chi connectivity index (χ0n) is 20.2. The highest BCUT2D eigenvalue weighted by Gasteiger charge is 2.55. The number of nitrogens with two attached hydrogens (primary N) is 1. The largest absolute Gasteiger partial charge is 0.444 e. The average molecular weight is 521 g/mol. The third-order valence-corrected chi connectivity index (χ3v) is 7.13. The summed E-state index contributed by atoms with van der Waals surface area (Å²) >= 11 is 7.72. The van der Waals surface area contributed by atoms with Crippen LogP contribution in [0, 0.1) is 5.92 Å². The van der Waals surface area contributed by atoms with E-state index in [9.17, 15) is 4.79 Å².